The van der Waals surface area contributed by atoms with Gasteiger partial charge in [0.15, 0.2) is 0 Å². The van der Waals surface area contributed by atoms with Crippen molar-refractivity contribution >= 4 is 33.7 Å². The molecular formula is C28H32N2O5S2. The van der Waals surface area contributed by atoms with Crippen LogP contribution >= 0.6 is 11.8 Å². The Morgan fingerprint density at radius 3 is 2.30 bits per heavy atom. The van der Waals surface area contributed by atoms with E-state index in [0.717, 1.165) is 16.7 Å². The van der Waals surface area contributed by atoms with Crippen molar-refractivity contribution in [2.24, 2.45) is 0 Å². The van der Waals surface area contributed by atoms with Gasteiger partial charge in [-0.05, 0) is 78.8 Å². The van der Waals surface area contributed by atoms with Crippen LogP contribution in [0.4, 0.5) is 0 Å². The highest BCUT2D eigenvalue weighted by molar-refractivity contribution is 7.98. The lowest BCUT2D eigenvalue weighted by Crippen LogP contribution is -2.41. The van der Waals surface area contributed by atoms with Crippen molar-refractivity contribution in [3.63, 3.8) is 0 Å². The number of benzene rings is 3. The third-order valence-corrected chi connectivity index (χ3v) is 8.57. The zero-order chi connectivity index (χ0) is 27.2. The Hall–Kier alpha value is -3.14. The Balaban J connectivity index is 1.97. The van der Waals surface area contributed by atoms with Crippen LogP contribution in [-0.2, 0) is 21.4 Å². The van der Waals surface area contributed by atoms with Crippen LogP contribution in [-0.4, -0.2) is 54.8 Å². The molecule has 0 aliphatic rings. The summed E-state index contributed by atoms with van der Waals surface area (Å²) >= 11 is 1.51. The number of rotatable bonds is 11. The van der Waals surface area contributed by atoms with Crippen LogP contribution in [0.15, 0.2) is 71.6 Å². The maximum Gasteiger partial charge on any atom is 0.326 e. The maximum atomic E-state index is 13.2. The standard InChI is InChI=1S/C28H32N2O5S2/c1-19-9-12-22(13-10-19)37(34,35)30(3)18-21-11-14-24(25(17-21)23-8-6-5-7-20(23)2)27(31)29-26(28(32)33)15-16-36-4/h5-14,17,26H,15-16,18H2,1-4H3,(H,29,31)(H,32,33). The van der Waals surface area contributed by atoms with Crippen LogP contribution in [0.3, 0.4) is 0 Å². The Kier molecular flexibility index (Phi) is 9.53. The SMILES string of the molecule is CSCCC(NC(=O)c1ccc(CN(C)S(=O)(=O)c2ccc(C)cc2)cc1-c1ccccc1C)C(=O)O. The Morgan fingerprint density at radius 2 is 1.68 bits per heavy atom. The molecule has 1 amide bonds. The third kappa shape index (κ3) is 7.00. The fourth-order valence-corrected chi connectivity index (χ4v) is 5.58. The molecule has 3 rings (SSSR count). The first-order valence-electron chi connectivity index (χ1n) is 11.8. The van der Waals surface area contributed by atoms with Crippen molar-refractivity contribution in [1.29, 1.82) is 0 Å². The second-order valence-corrected chi connectivity index (χ2v) is 11.9. The minimum Gasteiger partial charge on any atom is -0.480 e. The lowest BCUT2D eigenvalue weighted by Gasteiger charge is -2.20. The van der Waals surface area contributed by atoms with E-state index in [9.17, 15) is 23.1 Å². The van der Waals surface area contributed by atoms with Gasteiger partial charge in [0, 0.05) is 19.2 Å². The molecule has 0 aliphatic carbocycles. The van der Waals surface area contributed by atoms with Crippen LogP contribution in [0, 0.1) is 13.8 Å². The number of aliphatic carboxylic acids is 1. The number of amides is 1. The van der Waals surface area contributed by atoms with Crippen LogP contribution in [0.25, 0.3) is 11.1 Å². The molecule has 7 nitrogen and oxygen atoms in total. The van der Waals surface area contributed by atoms with Gasteiger partial charge in [0.25, 0.3) is 5.91 Å². The molecule has 196 valence electrons. The highest BCUT2D eigenvalue weighted by atomic mass is 32.2. The first-order chi connectivity index (χ1) is 17.5. The topological polar surface area (TPSA) is 104 Å². The first-order valence-corrected chi connectivity index (χ1v) is 14.6. The summed E-state index contributed by atoms with van der Waals surface area (Å²) in [6.07, 6.45) is 2.19. The number of carboxylic acid groups (broad SMARTS) is 1. The van der Waals surface area contributed by atoms with Crippen LogP contribution < -0.4 is 5.32 Å². The smallest absolute Gasteiger partial charge is 0.326 e. The number of hydrogen-bond acceptors (Lipinski definition) is 5. The predicted octanol–water partition coefficient (Wildman–Crippen LogP) is 4.73. The molecule has 2 N–H and O–H groups in total. The summed E-state index contributed by atoms with van der Waals surface area (Å²) in [5, 5.41) is 12.2. The lowest BCUT2D eigenvalue weighted by molar-refractivity contribution is -0.139. The number of thioether (sulfide) groups is 1. The number of carbonyl (C=O) groups is 2. The summed E-state index contributed by atoms with van der Waals surface area (Å²) < 4.78 is 27.5. The average molecular weight is 541 g/mol. The van der Waals surface area contributed by atoms with Gasteiger partial charge in [-0.15, -0.1) is 0 Å². The van der Waals surface area contributed by atoms with Gasteiger partial charge in [0.1, 0.15) is 6.04 Å². The summed E-state index contributed by atoms with van der Waals surface area (Å²) in [4.78, 5) is 25.2. The van der Waals surface area contributed by atoms with E-state index in [4.69, 9.17) is 0 Å². The molecular weight excluding hydrogens is 508 g/mol. The van der Waals surface area contributed by atoms with Crippen LogP contribution in [0.1, 0.15) is 33.5 Å². The Labute approximate surface area is 223 Å². The molecule has 9 heteroatoms. The predicted molar refractivity (Wildman–Crippen MR) is 148 cm³/mol. The van der Waals surface area contributed by atoms with Gasteiger partial charge in [-0.25, -0.2) is 13.2 Å². The van der Waals surface area contributed by atoms with E-state index < -0.39 is 27.9 Å². The molecule has 0 fully saturated rings. The van der Waals surface area contributed by atoms with Gasteiger partial charge in [-0.3, -0.25) is 4.79 Å². The summed E-state index contributed by atoms with van der Waals surface area (Å²) in [7, 11) is -2.19. The molecule has 1 atom stereocenters. The van der Waals surface area contributed by atoms with Crippen LogP contribution in [0.2, 0.25) is 0 Å². The number of hydrogen-bond donors (Lipinski definition) is 2. The van der Waals surface area contributed by atoms with Gasteiger partial charge in [0.05, 0.1) is 4.90 Å². The summed E-state index contributed by atoms with van der Waals surface area (Å²) in [6.45, 7) is 3.92. The Morgan fingerprint density at radius 1 is 1.00 bits per heavy atom. The van der Waals surface area contributed by atoms with E-state index in [0.29, 0.717) is 28.9 Å². The fourth-order valence-electron chi connectivity index (χ4n) is 3.95. The zero-order valence-electron chi connectivity index (χ0n) is 21.4. The van der Waals surface area contributed by atoms with Crippen molar-refractivity contribution < 1.29 is 23.1 Å². The number of carboxylic acids is 1. The summed E-state index contributed by atoms with van der Waals surface area (Å²) in [6, 6.07) is 18.4. The zero-order valence-corrected chi connectivity index (χ0v) is 23.0. The molecule has 0 spiro atoms. The number of nitrogens with one attached hydrogen (secondary N) is 1. The molecule has 0 aromatic heterocycles. The number of aryl methyl sites for hydroxylation is 2. The normalized spacial score (nSPS) is 12.4. The quantitative estimate of drug-likeness (QED) is 0.365. The lowest BCUT2D eigenvalue weighted by atomic mass is 9.93. The molecule has 1 unspecified atom stereocenters. The first kappa shape index (κ1) is 28.4. The van der Waals surface area contributed by atoms with Gasteiger partial charge < -0.3 is 10.4 Å². The highest BCUT2D eigenvalue weighted by Crippen LogP contribution is 2.29. The van der Waals surface area contributed by atoms with Gasteiger partial charge in [-0.1, -0.05) is 48.0 Å². The number of nitrogens with zero attached hydrogens (tertiary/aromatic N) is 1. The molecule has 0 saturated heterocycles. The van der Waals surface area contributed by atoms with E-state index in [-0.39, 0.29) is 11.4 Å². The minimum atomic E-state index is -3.71. The third-order valence-electron chi connectivity index (χ3n) is 6.11. The summed E-state index contributed by atoms with van der Waals surface area (Å²) in [5.74, 6) is -0.971. The van der Waals surface area contributed by atoms with Crippen molar-refractivity contribution in [1.82, 2.24) is 9.62 Å². The largest absolute Gasteiger partial charge is 0.480 e. The molecule has 37 heavy (non-hydrogen) atoms. The molecule has 0 saturated carbocycles. The molecule has 3 aromatic carbocycles. The Bertz CT molecular complexity index is 1370. The summed E-state index contributed by atoms with van der Waals surface area (Å²) in [5.41, 5.74) is 4.36. The van der Waals surface area contributed by atoms with Gasteiger partial charge in [0.2, 0.25) is 10.0 Å². The van der Waals surface area contributed by atoms with Crippen molar-refractivity contribution in [3.8, 4) is 11.1 Å². The monoisotopic (exact) mass is 540 g/mol. The van der Waals surface area contributed by atoms with Crippen molar-refractivity contribution in [2.75, 3.05) is 19.1 Å². The highest BCUT2D eigenvalue weighted by Gasteiger charge is 2.24. The maximum absolute atomic E-state index is 13.2. The molecule has 3 aromatic rings. The fraction of sp³-hybridized carbons (Fsp3) is 0.286. The van der Waals surface area contributed by atoms with Crippen LogP contribution in [0.5, 0.6) is 0 Å². The molecule has 0 radical (unpaired) electrons. The second-order valence-electron chi connectivity index (χ2n) is 8.91. The van der Waals surface area contributed by atoms with E-state index in [1.54, 1.807) is 42.5 Å². The molecule has 0 heterocycles. The molecule has 0 aliphatic heterocycles. The second kappa shape index (κ2) is 12.4. The molecule has 0 bridgehead atoms. The van der Waals surface area contributed by atoms with Crippen molar-refractivity contribution in [3.05, 3.63) is 89.0 Å². The van der Waals surface area contributed by atoms with E-state index in [2.05, 4.69) is 5.32 Å². The van der Waals surface area contributed by atoms with Crippen molar-refractivity contribution in [2.45, 2.75) is 37.8 Å². The van der Waals surface area contributed by atoms with Gasteiger partial charge >= 0.3 is 5.97 Å². The number of carbonyl (C=O) groups excluding carboxylic acids is 1. The van der Waals surface area contributed by atoms with Gasteiger partial charge in [-0.2, -0.15) is 16.1 Å². The van der Waals surface area contributed by atoms with E-state index in [1.807, 2.05) is 44.4 Å². The van der Waals surface area contributed by atoms with E-state index in [1.165, 1.54) is 23.1 Å². The average Bonchev–Trinajstić information content (AvgIpc) is 2.86. The number of sulfonamides is 1. The minimum absolute atomic E-state index is 0.0997. The van der Waals surface area contributed by atoms with E-state index >= 15 is 0 Å².